The molecule has 1 amide bonds. The van der Waals surface area contributed by atoms with Crippen LogP contribution in [0, 0.1) is 0 Å². The Bertz CT molecular complexity index is 1640. The molecule has 9 nitrogen and oxygen atoms in total. The van der Waals surface area contributed by atoms with E-state index in [2.05, 4.69) is 4.99 Å². The number of thiazole rings is 1. The lowest BCUT2D eigenvalue weighted by molar-refractivity contribution is 0.0600. The molecule has 1 heterocycles. The highest BCUT2D eigenvalue weighted by atomic mass is 32.2. The zero-order chi connectivity index (χ0) is 28.0. The van der Waals surface area contributed by atoms with Gasteiger partial charge in [0.25, 0.3) is 5.91 Å². The lowest BCUT2D eigenvalue weighted by Crippen LogP contribution is -2.26. The first-order valence-electron chi connectivity index (χ1n) is 12.2. The van der Waals surface area contributed by atoms with E-state index in [4.69, 9.17) is 9.47 Å². The molecule has 0 unspecified atom stereocenters. The van der Waals surface area contributed by atoms with E-state index >= 15 is 0 Å². The SMILES string of the molecule is CCOCCn1c(=NC(=O)c2ccc(S(=O)(=O)N(C)Cc3ccccc3)cc2)sc2cc(C(=O)OC)ccc21. The van der Waals surface area contributed by atoms with Gasteiger partial charge in [0.2, 0.25) is 10.0 Å². The van der Waals surface area contributed by atoms with Crippen molar-refractivity contribution in [3.63, 3.8) is 0 Å². The summed E-state index contributed by atoms with van der Waals surface area (Å²) in [5.74, 6) is -0.966. The Hall–Kier alpha value is -3.64. The van der Waals surface area contributed by atoms with Gasteiger partial charge in [0.05, 0.1) is 34.4 Å². The maximum Gasteiger partial charge on any atom is 0.337 e. The van der Waals surface area contributed by atoms with Gasteiger partial charge in [-0.3, -0.25) is 4.79 Å². The van der Waals surface area contributed by atoms with Gasteiger partial charge in [-0.05, 0) is 55.0 Å². The number of benzene rings is 3. The Balaban J connectivity index is 1.62. The van der Waals surface area contributed by atoms with Crippen molar-refractivity contribution in [2.75, 3.05) is 27.4 Å². The predicted molar refractivity (Wildman–Crippen MR) is 149 cm³/mol. The number of hydrogen-bond acceptors (Lipinski definition) is 7. The zero-order valence-corrected chi connectivity index (χ0v) is 23.5. The number of sulfonamides is 1. The first-order valence-corrected chi connectivity index (χ1v) is 14.5. The minimum absolute atomic E-state index is 0.0847. The van der Waals surface area contributed by atoms with Crippen molar-refractivity contribution < 1.29 is 27.5 Å². The van der Waals surface area contributed by atoms with Crippen LogP contribution in [0.1, 0.15) is 33.2 Å². The van der Waals surface area contributed by atoms with Crippen LogP contribution >= 0.6 is 11.3 Å². The van der Waals surface area contributed by atoms with E-state index in [0.717, 1.165) is 15.8 Å². The third-order valence-corrected chi connectivity index (χ3v) is 8.88. The number of rotatable bonds is 10. The van der Waals surface area contributed by atoms with Crippen molar-refractivity contribution >= 4 is 43.5 Å². The van der Waals surface area contributed by atoms with E-state index < -0.39 is 21.9 Å². The minimum Gasteiger partial charge on any atom is -0.465 e. The summed E-state index contributed by atoms with van der Waals surface area (Å²) in [6.07, 6.45) is 0. The van der Waals surface area contributed by atoms with Gasteiger partial charge in [-0.1, -0.05) is 41.7 Å². The van der Waals surface area contributed by atoms with Crippen LogP contribution in [-0.2, 0) is 32.6 Å². The molecule has 4 rings (SSSR count). The average molecular weight is 568 g/mol. The molecule has 0 saturated carbocycles. The molecule has 0 aliphatic carbocycles. The molecule has 0 aliphatic rings. The monoisotopic (exact) mass is 567 g/mol. The molecule has 0 radical (unpaired) electrons. The second kappa shape index (κ2) is 12.5. The van der Waals surface area contributed by atoms with E-state index in [1.807, 2.05) is 41.8 Å². The Morgan fingerprint density at radius 1 is 1.00 bits per heavy atom. The largest absolute Gasteiger partial charge is 0.465 e. The number of amides is 1. The third kappa shape index (κ3) is 6.51. The molecule has 0 N–H and O–H groups in total. The number of methoxy groups -OCH3 is 1. The molecule has 0 bridgehead atoms. The Morgan fingerprint density at radius 2 is 1.69 bits per heavy atom. The highest BCUT2D eigenvalue weighted by Gasteiger charge is 2.21. The standard InChI is InChI=1S/C28H29N3O6S2/c1-4-37-17-16-31-24-15-12-22(27(33)36-3)18-25(24)38-28(31)29-26(32)21-10-13-23(14-11-21)39(34,35)30(2)19-20-8-6-5-7-9-20/h5-15,18H,4,16-17,19H2,1-3H3. The molecule has 3 aromatic carbocycles. The number of ether oxygens (including phenoxy) is 2. The molecule has 1 aromatic heterocycles. The molecule has 0 aliphatic heterocycles. The van der Waals surface area contributed by atoms with E-state index in [1.54, 1.807) is 18.2 Å². The number of aromatic nitrogens is 1. The fraction of sp³-hybridized carbons (Fsp3) is 0.250. The summed E-state index contributed by atoms with van der Waals surface area (Å²) in [7, 11) is -0.913. The van der Waals surface area contributed by atoms with Crippen LogP contribution in [0.3, 0.4) is 0 Å². The number of carbonyl (C=O) groups is 2. The number of carbonyl (C=O) groups excluding carboxylic acids is 2. The lowest BCUT2D eigenvalue weighted by Gasteiger charge is -2.17. The Kier molecular flexibility index (Phi) is 9.08. The van der Waals surface area contributed by atoms with Gasteiger partial charge < -0.3 is 14.0 Å². The van der Waals surface area contributed by atoms with Crippen LogP contribution in [0.15, 0.2) is 82.7 Å². The molecule has 11 heteroatoms. The highest BCUT2D eigenvalue weighted by Crippen LogP contribution is 2.21. The summed E-state index contributed by atoms with van der Waals surface area (Å²) in [5, 5.41) is 0. The summed E-state index contributed by atoms with van der Waals surface area (Å²) in [6, 6.07) is 20.2. The van der Waals surface area contributed by atoms with E-state index in [-0.39, 0.29) is 17.0 Å². The average Bonchev–Trinajstić information content (AvgIpc) is 3.29. The van der Waals surface area contributed by atoms with Crippen LogP contribution in [-0.4, -0.2) is 56.5 Å². The molecule has 39 heavy (non-hydrogen) atoms. The molecular weight excluding hydrogens is 538 g/mol. The number of nitrogens with zero attached hydrogens (tertiary/aromatic N) is 3. The van der Waals surface area contributed by atoms with Gasteiger partial charge in [0.1, 0.15) is 0 Å². The van der Waals surface area contributed by atoms with Crippen molar-refractivity contribution in [1.29, 1.82) is 0 Å². The minimum atomic E-state index is -3.75. The summed E-state index contributed by atoms with van der Waals surface area (Å²) < 4.78 is 40.3. The number of esters is 1. The third-order valence-electron chi connectivity index (χ3n) is 6.02. The van der Waals surface area contributed by atoms with Crippen LogP contribution in [0.5, 0.6) is 0 Å². The second-order valence-corrected chi connectivity index (χ2v) is 11.6. The fourth-order valence-electron chi connectivity index (χ4n) is 3.95. The maximum atomic E-state index is 13.1. The molecular formula is C28H29N3O6S2. The van der Waals surface area contributed by atoms with Crippen LogP contribution < -0.4 is 4.80 Å². The van der Waals surface area contributed by atoms with Crippen molar-refractivity contribution in [2.45, 2.75) is 24.9 Å². The zero-order valence-electron chi connectivity index (χ0n) is 21.9. The van der Waals surface area contributed by atoms with Gasteiger partial charge in [0, 0.05) is 32.3 Å². The first-order chi connectivity index (χ1) is 18.7. The molecule has 4 aromatic rings. The van der Waals surface area contributed by atoms with Crippen molar-refractivity contribution in [3.8, 4) is 0 Å². The van der Waals surface area contributed by atoms with Crippen LogP contribution in [0.2, 0.25) is 0 Å². The fourth-order valence-corrected chi connectivity index (χ4v) is 6.20. The lowest BCUT2D eigenvalue weighted by atomic mass is 10.2. The second-order valence-electron chi connectivity index (χ2n) is 8.60. The van der Waals surface area contributed by atoms with Gasteiger partial charge in [-0.2, -0.15) is 9.30 Å². The van der Waals surface area contributed by atoms with Gasteiger partial charge >= 0.3 is 5.97 Å². The van der Waals surface area contributed by atoms with Gasteiger partial charge in [-0.15, -0.1) is 0 Å². The summed E-state index contributed by atoms with van der Waals surface area (Å²) in [5.41, 5.74) is 2.33. The normalized spacial score (nSPS) is 12.3. The Morgan fingerprint density at radius 3 is 2.36 bits per heavy atom. The molecule has 204 valence electrons. The van der Waals surface area contributed by atoms with Crippen molar-refractivity contribution in [3.05, 3.63) is 94.3 Å². The van der Waals surface area contributed by atoms with E-state index in [1.165, 1.54) is 54.1 Å². The molecule has 0 fully saturated rings. The molecule has 0 atom stereocenters. The number of fused-ring (bicyclic) bond motifs is 1. The summed E-state index contributed by atoms with van der Waals surface area (Å²) in [6.45, 7) is 3.56. The van der Waals surface area contributed by atoms with Crippen LogP contribution in [0.4, 0.5) is 0 Å². The van der Waals surface area contributed by atoms with Gasteiger partial charge in [-0.25, -0.2) is 13.2 Å². The van der Waals surface area contributed by atoms with Crippen molar-refractivity contribution in [1.82, 2.24) is 8.87 Å². The van der Waals surface area contributed by atoms with Gasteiger partial charge in [0.15, 0.2) is 4.80 Å². The smallest absolute Gasteiger partial charge is 0.337 e. The number of hydrogen-bond donors (Lipinski definition) is 0. The highest BCUT2D eigenvalue weighted by molar-refractivity contribution is 7.89. The van der Waals surface area contributed by atoms with Crippen LogP contribution in [0.25, 0.3) is 10.2 Å². The quantitative estimate of drug-likeness (QED) is 0.211. The van der Waals surface area contributed by atoms with Crippen molar-refractivity contribution in [2.24, 2.45) is 4.99 Å². The summed E-state index contributed by atoms with van der Waals surface area (Å²) >= 11 is 1.27. The molecule has 0 spiro atoms. The maximum absolute atomic E-state index is 13.1. The first kappa shape index (κ1) is 28.4. The topological polar surface area (TPSA) is 107 Å². The van der Waals surface area contributed by atoms with E-state index in [0.29, 0.717) is 30.1 Å². The predicted octanol–water partition coefficient (Wildman–Crippen LogP) is 4.09. The Labute approximate surface area is 231 Å². The van der Waals surface area contributed by atoms with E-state index in [9.17, 15) is 18.0 Å². The summed E-state index contributed by atoms with van der Waals surface area (Å²) in [4.78, 5) is 29.9. The molecule has 0 saturated heterocycles.